The predicted molar refractivity (Wildman–Crippen MR) is 94.3 cm³/mol. The molecule has 2 fully saturated rings. The Morgan fingerprint density at radius 3 is 2.70 bits per heavy atom. The van der Waals surface area contributed by atoms with Crippen LogP contribution in [0, 0.1) is 11.8 Å². The number of para-hydroxylation sites is 2. The van der Waals surface area contributed by atoms with Gasteiger partial charge >= 0.3 is 0 Å². The van der Waals surface area contributed by atoms with Crippen LogP contribution in [0.2, 0.25) is 0 Å². The summed E-state index contributed by atoms with van der Waals surface area (Å²) in [5.74, 6) is 3.05. The van der Waals surface area contributed by atoms with Crippen molar-refractivity contribution in [3.8, 4) is 0 Å². The standard InChI is InChI=1S/C19H28N4/c1-22-18-7-3-2-6-17(18)21-19(22)14-23-11-8-15(9-12-23)16-5-4-10-20-13-16/h2-3,6-7,15-16,20H,4-5,8-14H2,1H3. The SMILES string of the molecule is Cn1c(CN2CCC(C3CCCNC3)CC2)nc2ccccc21. The van der Waals surface area contributed by atoms with Gasteiger partial charge in [0, 0.05) is 7.05 Å². The van der Waals surface area contributed by atoms with Gasteiger partial charge in [-0.05, 0) is 75.8 Å². The Hall–Kier alpha value is -1.39. The highest BCUT2D eigenvalue weighted by Gasteiger charge is 2.28. The summed E-state index contributed by atoms with van der Waals surface area (Å²) in [6.45, 7) is 5.91. The normalized spacial score (nSPS) is 24.3. The highest BCUT2D eigenvalue weighted by molar-refractivity contribution is 5.75. The van der Waals surface area contributed by atoms with Crippen LogP contribution in [0.4, 0.5) is 0 Å². The second-order valence-corrected chi connectivity index (χ2v) is 7.30. The topological polar surface area (TPSA) is 33.1 Å². The fourth-order valence-corrected chi connectivity index (χ4v) is 4.40. The van der Waals surface area contributed by atoms with Gasteiger partial charge < -0.3 is 9.88 Å². The van der Waals surface area contributed by atoms with E-state index in [0.29, 0.717) is 0 Å². The molecule has 2 aromatic rings. The van der Waals surface area contributed by atoms with E-state index in [1.54, 1.807) is 0 Å². The van der Waals surface area contributed by atoms with Crippen molar-refractivity contribution in [3.05, 3.63) is 30.1 Å². The Balaban J connectivity index is 1.37. The molecule has 1 unspecified atom stereocenters. The number of fused-ring (bicyclic) bond motifs is 1. The number of aromatic nitrogens is 2. The Morgan fingerprint density at radius 2 is 1.96 bits per heavy atom. The molecule has 1 atom stereocenters. The molecule has 4 rings (SSSR count). The Kier molecular flexibility index (Phi) is 4.36. The summed E-state index contributed by atoms with van der Waals surface area (Å²) in [6.07, 6.45) is 5.51. The van der Waals surface area contributed by atoms with Crippen LogP contribution in [0.25, 0.3) is 11.0 Å². The van der Waals surface area contributed by atoms with Gasteiger partial charge in [-0.15, -0.1) is 0 Å². The minimum atomic E-state index is 0.918. The van der Waals surface area contributed by atoms with Gasteiger partial charge in [-0.3, -0.25) is 4.90 Å². The highest BCUT2D eigenvalue weighted by Crippen LogP contribution is 2.30. The first-order chi connectivity index (χ1) is 11.3. The zero-order valence-corrected chi connectivity index (χ0v) is 14.2. The summed E-state index contributed by atoms with van der Waals surface area (Å²) in [4.78, 5) is 7.42. The van der Waals surface area contributed by atoms with Gasteiger partial charge in [0.05, 0.1) is 17.6 Å². The molecule has 0 spiro atoms. The lowest BCUT2D eigenvalue weighted by Gasteiger charge is -2.37. The third kappa shape index (κ3) is 3.15. The number of hydrogen-bond acceptors (Lipinski definition) is 3. The minimum Gasteiger partial charge on any atom is -0.330 e. The maximum absolute atomic E-state index is 4.83. The summed E-state index contributed by atoms with van der Waals surface area (Å²) < 4.78 is 2.26. The monoisotopic (exact) mass is 312 g/mol. The molecule has 4 heteroatoms. The van der Waals surface area contributed by atoms with E-state index in [2.05, 4.69) is 46.1 Å². The van der Waals surface area contributed by atoms with E-state index in [-0.39, 0.29) is 0 Å². The van der Waals surface area contributed by atoms with Crippen LogP contribution in [-0.4, -0.2) is 40.6 Å². The zero-order valence-electron chi connectivity index (χ0n) is 14.2. The van der Waals surface area contributed by atoms with Crippen LogP contribution in [0.5, 0.6) is 0 Å². The molecule has 0 radical (unpaired) electrons. The zero-order chi connectivity index (χ0) is 15.6. The molecule has 3 heterocycles. The quantitative estimate of drug-likeness (QED) is 0.946. The first kappa shape index (κ1) is 15.2. The predicted octanol–water partition coefficient (Wildman–Crippen LogP) is 2.78. The van der Waals surface area contributed by atoms with Crippen LogP contribution in [0.3, 0.4) is 0 Å². The van der Waals surface area contributed by atoms with Gasteiger partial charge in [-0.1, -0.05) is 12.1 Å². The number of aryl methyl sites for hydroxylation is 1. The van der Waals surface area contributed by atoms with Gasteiger partial charge in [-0.2, -0.15) is 0 Å². The average molecular weight is 312 g/mol. The molecule has 1 aromatic carbocycles. The van der Waals surface area contributed by atoms with E-state index >= 15 is 0 Å². The van der Waals surface area contributed by atoms with Crippen molar-refractivity contribution in [2.24, 2.45) is 18.9 Å². The molecule has 0 amide bonds. The van der Waals surface area contributed by atoms with E-state index in [4.69, 9.17) is 4.98 Å². The summed E-state index contributed by atoms with van der Waals surface area (Å²) in [5.41, 5.74) is 2.36. The maximum atomic E-state index is 4.83. The van der Waals surface area contributed by atoms with E-state index in [0.717, 1.165) is 23.9 Å². The lowest BCUT2D eigenvalue weighted by atomic mass is 9.80. The number of benzene rings is 1. The second-order valence-electron chi connectivity index (χ2n) is 7.30. The second kappa shape index (κ2) is 6.62. The van der Waals surface area contributed by atoms with Crippen molar-refractivity contribution in [1.82, 2.24) is 19.8 Å². The van der Waals surface area contributed by atoms with Crippen molar-refractivity contribution in [2.45, 2.75) is 32.2 Å². The third-order valence-electron chi connectivity index (χ3n) is 5.88. The lowest BCUT2D eigenvalue weighted by Crippen LogP contribution is -2.40. The Labute approximate surface area is 138 Å². The fraction of sp³-hybridized carbons (Fsp3) is 0.632. The van der Waals surface area contributed by atoms with Crippen LogP contribution in [0.15, 0.2) is 24.3 Å². The fourth-order valence-electron chi connectivity index (χ4n) is 4.40. The lowest BCUT2D eigenvalue weighted by molar-refractivity contribution is 0.125. The van der Waals surface area contributed by atoms with E-state index < -0.39 is 0 Å². The van der Waals surface area contributed by atoms with Crippen molar-refractivity contribution < 1.29 is 0 Å². The first-order valence-corrected chi connectivity index (χ1v) is 9.14. The van der Waals surface area contributed by atoms with E-state index in [1.165, 1.54) is 63.2 Å². The van der Waals surface area contributed by atoms with Crippen LogP contribution in [-0.2, 0) is 13.6 Å². The van der Waals surface area contributed by atoms with Gasteiger partial charge in [0.15, 0.2) is 0 Å². The summed E-state index contributed by atoms with van der Waals surface area (Å²) in [5, 5.41) is 3.58. The molecule has 4 nitrogen and oxygen atoms in total. The van der Waals surface area contributed by atoms with Crippen LogP contribution >= 0.6 is 0 Å². The maximum Gasteiger partial charge on any atom is 0.123 e. The largest absolute Gasteiger partial charge is 0.330 e. The number of nitrogens with zero attached hydrogens (tertiary/aromatic N) is 3. The molecule has 1 N–H and O–H groups in total. The molecule has 0 bridgehead atoms. The number of hydrogen-bond donors (Lipinski definition) is 1. The molecular formula is C19H28N4. The van der Waals surface area contributed by atoms with Crippen LogP contribution in [0.1, 0.15) is 31.5 Å². The van der Waals surface area contributed by atoms with Gasteiger partial charge in [0.25, 0.3) is 0 Å². The van der Waals surface area contributed by atoms with Gasteiger partial charge in [0.2, 0.25) is 0 Å². The van der Waals surface area contributed by atoms with E-state index in [1.807, 2.05) is 0 Å². The molecule has 124 valence electrons. The number of likely N-dealkylation sites (tertiary alicyclic amines) is 1. The Morgan fingerprint density at radius 1 is 1.13 bits per heavy atom. The summed E-state index contributed by atoms with van der Waals surface area (Å²) in [7, 11) is 2.14. The molecule has 0 aliphatic carbocycles. The van der Waals surface area contributed by atoms with Crippen LogP contribution < -0.4 is 5.32 Å². The van der Waals surface area contributed by atoms with Crippen molar-refractivity contribution in [2.75, 3.05) is 26.2 Å². The third-order valence-corrected chi connectivity index (χ3v) is 5.88. The molecule has 1 aromatic heterocycles. The Bertz CT molecular complexity index is 648. The number of piperidine rings is 2. The minimum absolute atomic E-state index is 0.918. The van der Waals surface area contributed by atoms with Gasteiger partial charge in [-0.25, -0.2) is 4.98 Å². The van der Waals surface area contributed by atoms with E-state index in [9.17, 15) is 0 Å². The van der Waals surface area contributed by atoms with Crippen molar-refractivity contribution in [3.63, 3.8) is 0 Å². The number of imidazole rings is 1. The van der Waals surface area contributed by atoms with Gasteiger partial charge in [0.1, 0.15) is 5.82 Å². The molecule has 2 saturated heterocycles. The summed E-state index contributed by atoms with van der Waals surface area (Å²) >= 11 is 0. The van der Waals surface area contributed by atoms with Crippen molar-refractivity contribution >= 4 is 11.0 Å². The highest BCUT2D eigenvalue weighted by atomic mass is 15.2. The smallest absolute Gasteiger partial charge is 0.123 e. The molecule has 2 aliphatic heterocycles. The number of rotatable bonds is 3. The molecular weight excluding hydrogens is 284 g/mol. The first-order valence-electron chi connectivity index (χ1n) is 9.14. The number of nitrogens with one attached hydrogen (secondary N) is 1. The van der Waals surface area contributed by atoms with Crippen molar-refractivity contribution in [1.29, 1.82) is 0 Å². The molecule has 0 saturated carbocycles. The summed E-state index contributed by atoms with van der Waals surface area (Å²) in [6, 6.07) is 8.44. The molecule has 23 heavy (non-hydrogen) atoms. The molecule has 2 aliphatic rings. The average Bonchev–Trinajstić information content (AvgIpc) is 2.93.